The largest absolute Gasteiger partial charge is 0.462 e. The summed E-state index contributed by atoms with van der Waals surface area (Å²) in [6.07, 6.45) is -2.07. The van der Waals surface area contributed by atoms with Crippen molar-refractivity contribution < 1.29 is 29.7 Å². The molecular formula is C14H20N4O7. The fraction of sp³-hybridized carbons (Fsp3) is 0.643. The zero-order valence-electron chi connectivity index (χ0n) is 13.2. The van der Waals surface area contributed by atoms with Crippen LogP contribution in [0.15, 0.2) is 17.1 Å². The van der Waals surface area contributed by atoms with E-state index < -0.39 is 36.2 Å². The zero-order valence-corrected chi connectivity index (χ0v) is 13.2. The summed E-state index contributed by atoms with van der Waals surface area (Å²) in [5.41, 5.74) is 0.944. The van der Waals surface area contributed by atoms with E-state index >= 15 is 0 Å². The Morgan fingerprint density at radius 1 is 1.48 bits per heavy atom. The van der Waals surface area contributed by atoms with Crippen molar-refractivity contribution in [3.8, 4) is 0 Å². The molecule has 5 N–H and O–H groups in total. The molecule has 0 aromatic carbocycles. The second-order valence-electron chi connectivity index (χ2n) is 5.94. The second-order valence-corrected chi connectivity index (χ2v) is 5.94. The molecule has 0 radical (unpaired) electrons. The molecule has 5 atom stereocenters. The molecule has 11 heteroatoms. The van der Waals surface area contributed by atoms with E-state index in [0.717, 1.165) is 17.5 Å². The van der Waals surface area contributed by atoms with Crippen LogP contribution >= 0.6 is 0 Å². The average molecular weight is 356 g/mol. The van der Waals surface area contributed by atoms with E-state index in [-0.39, 0.29) is 18.5 Å². The van der Waals surface area contributed by atoms with Crippen molar-refractivity contribution in [3.05, 3.63) is 22.7 Å². The number of anilines is 1. The molecule has 2 aliphatic rings. The van der Waals surface area contributed by atoms with Crippen molar-refractivity contribution in [1.82, 2.24) is 14.9 Å². The molecule has 138 valence electrons. The first-order chi connectivity index (χ1) is 12.0. The summed E-state index contributed by atoms with van der Waals surface area (Å²) >= 11 is 0. The monoisotopic (exact) mass is 356 g/mol. The molecule has 3 heterocycles. The van der Waals surface area contributed by atoms with Gasteiger partial charge in [-0.3, -0.25) is 20.0 Å². The Hall–Kier alpha value is -2.05. The van der Waals surface area contributed by atoms with E-state index in [1.807, 2.05) is 0 Å². The highest BCUT2D eigenvalue weighted by molar-refractivity contribution is 5.76. The van der Waals surface area contributed by atoms with Crippen LogP contribution in [0.3, 0.4) is 0 Å². The number of carbonyl (C=O) groups excluding carboxylic acids is 1. The average Bonchev–Trinajstić information content (AvgIpc) is 3.24. The number of nitrogens with zero attached hydrogens (tertiary/aromatic N) is 2. The molecule has 0 saturated carbocycles. The van der Waals surface area contributed by atoms with Crippen LogP contribution in [-0.4, -0.2) is 68.4 Å². The number of aromatic nitrogens is 2. The summed E-state index contributed by atoms with van der Waals surface area (Å²) in [5.74, 6) is -0.507. The van der Waals surface area contributed by atoms with Crippen LogP contribution in [-0.2, 0) is 14.3 Å². The van der Waals surface area contributed by atoms with Gasteiger partial charge in [-0.1, -0.05) is 0 Å². The Bertz CT molecular complexity index is 675. The van der Waals surface area contributed by atoms with Crippen LogP contribution in [0.2, 0.25) is 0 Å². The van der Waals surface area contributed by atoms with Crippen molar-refractivity contribution >= 4 is 11.8 Å². The van der Waals surface area contributed by atoms with Gasteiger partial charge in [-0.25, -0.2) is 4.79 Å². The van der Waals surface area contributed by atoms with Gasteiger partial charge in [0.05, 0.1) is 0 Å². The first kappa shape index (κ1) is 17.8. The molecule has 0 aliphatic carbocycles. The number of aliphatic hydroxyl groups is 2. The Morgan fingerprint density at radius 2 is 2.28 bits per heavy atom. The maximum Gasteiger partial charge on any atom is 0.351 e. The van der Waals surface area contributed by atoms with Gasteiger partial charge in [0.15, 0.2) is 12.0 Å². The zero-order chi connectivity index (χ0) is 18.0. The second kappa shape index (κ2) is 7.45. The minimum absolute atomic E-state index is 0.0659. The highest BCUT2D eigenvalue weighted by Gasteiger charge is 2.45. The lowest BCUT2D eigenvalue weighted by Crippen LogP contribution is -2.38. The molecule has 1 unspecified atom stereocenters. The van der Waals surface area contributed by atoms with Gasteiger partial charge >= 0.3 is 11.7 Å². The van der Waals surface area contributed by atoms with Crippen molar-refractivity contribution in [2.24, 2.45) is 0 Å². The third kappa shape index (κ3) is 3.65. The predicted molar refractivity (Wildman–Crippen MR) is 81.8 cm³/mol. The van der Waals surface area contributed by atoms with Crippen LogP contribution in [0, 0.1) is 0 Å². The molecular weight excluding hydrogens is 336 g/mol. The Morgan fingerprint density at radius 3 is 2.92 bits per heavy atom. The minimum atomic E-state index is -1.40. The minimum Gasteiger partial charge on any atom is -0.462 e. The van der Waals surface area contributed by atoms with Gasteiger partial charge in [-0.05, 0) is 25.5 Å². The Labute approximate surface area is 142 Å². The summed E-state index contributed by atoms with van der Waals surface area (Å²) in [4.78, 5) is 27.3. The van der Waals surface area contributed by atoms with Gasteiger partial charge in [0.1, 0.15) is 31.0 Å². The fourth-order valence-electron chi connectivity index (χ4n) is 2.92. The van der Waals surface area contributed by atoms with Crippen molar-refractivity contribution in [2.45, 2.75) is 43.4 Å². The number of hydrogen-bond acceptors (Lipinski definition) is 10. The SMILES string of the molecule is O=C(OC[C@H]1O[C@@H](n2ccc(NO)nc2=O)[C@H](O)[C@@H]1O)C1CCCN1. The highest BCUT2D eigenvalue weighted by atomic mass is 16.6. The molecule has 11 nitrogen and oxygen atoms in total. The molecule has 3 rings (SSSR count). The number of nitrogens with one attached hydrogen (secondary N) is 2. The van der Waals surface area contributed by atoms with E-state index in [4.69, 9.17) is 14.7 Å². The smallest absolute Gasteiger partial charge is 0.351 e. The van der Waals surface area contributed by atoms with Gasteiger partial charge in [0, 0.05) is 6.20 Å². The van der Waals surface area contributed by atoms with Crippen LogP contribution in [0.4, 0.5) is 5.82 Å². The van der Waals surface area contributed by atoms with Gasteiger partial charge < -0.3 is 25.0 Å². The molecule has 1 aromatic rings. The topological polar surface area (TPSA) is 155 Å². The Balaban J connectivity index is 1.64. The van der Waals surface area contributed by atoms with E-state index in [1.54, 1.807) is 5.48 Å². The molecule has 2 saturated heterocycles. The Kier molecular flexibility index (Phi) is 5.30. The predicted octanol–water partition coefficient (Wildman–Crippen LogP) is -2.04. The van der Waals surface area contributed by atoms with Crippen molar-refractivity contribution in [1.29, 1.82) is 0 Å². The lowest BCUT2D eigenvalue weighted by molar-refractivity contribution is -0.152. The first-order valence-corrected chi connectivity index (χ1v) is 7.92. The molecule has 1 aromatic heterocycles. The highest BCUT2D eigenvalue weighted by Crippen LogP contribution is 2.28. The molecule has 0 amide bonds. The van der Waals surface area contributed by atoms with Gasteiger partial charge in [0.25, 0.3) is 0 Å². The number of hydrogen-bond donors (Lipinski definition) is 5. The number of carbonyl (C=O) groups is 1. The summed E-state index contributed by atoms with van der Waals surface area (Å²) in [5, 5.41) is 31.9. The van der Waals surface area contributed by atoms with Crippen molar-refractivity contribution in [3.63, 3.8) is 0 Å². The quantitative estimate of drug-likeness (QED) is 0.294. The van der Waals surface area contributed by atoms with Gasteiger partial charge in [-0.15, -0.1) is 0 Å². The molecule has 0 spiro atoms. The molecule has 0 bridgehead atoms. The van der Waals surface area contributed by atoms with Crippen LogP contribution in [0.1, 0.15) is 19.1 Å². The molecule has 2 fully saturated rings. The lowest BCUT2D eigenvalue weighted by atomic mass is 10.1. The third-order valence-electron chi connectivity index (χ3n) is 4.29. The van der Waals surface area contributed by atoms with E-state index in [2.05, 4.69) is 10.3 Å². The van der Waals surface area contributed by atoms with Crippen LogP contribution < -0.4 is 16.5 Å². The van der Waals surface area contributed by atoms with Gasteiger partial charge in [0.2, 0.25) is 0 Å². The maximum absolute atomic E-state index is 11.9. The fourth-order valence-corrected chi connectivity index (χ4v) is 2.92. The van der Waals surface area contributed by atoms with E-state index in [0.29, 0.717) is 6.42 Å². The normalized spacial score (nSPS) is 31.9. The van der Waals surface area contributed by atoms with E-state index in [9.17, 15) is 19.8 Å². The molecule has 2 aliphatic heterocycles. The summed E-state index contributed by atoms with van der Waals surface area (Å²) in [6.45, 7) is 0.502. The first-order valence-electron chi connectivity index (χ1n) is 7.92. The third-order valence-corrected chi connectivity index (χ3v) is 4.29. The maximum atomic E-state index is 11.9. The molecule has 25 heavy (non-hydrogen) atoms. The van der Waals surface area contributed by atoms with Crippen molar-refractivity contribution in [2.75, 3.05) is 18.6 Å². The summed E-state index contributed by atoms with van der Waals surface area (Å²) in [7, 11) is 0. The standard InChI is InChI=1S/C14H20N4O7/c19-10-8(6-24-13(21)7-2-1-4-15-7)25-12(11(10)20)18-5-3-9(17-23)16-14(18)22/h3,5,7-8,10-12,15,19-20,23H,1-2,4,6H2,(H,16,17,22)/t7?,8-,10-,11-,12-/m1/s1. The number of aliphatic hydroxyl groups excluding tert-OH is 2. The lowest BCUT2D eigenvalue weighted by Gasteiger charge is -2.17. The van der Waals surface area contributed by atoms with Crippen LogP contribution in [0.5, 0.6) is 0 Å². The summed E-state index contributed by atoms with van der Waals surface area (Å²) < 4.78 is 11.6. The number of rotatable bonds is 5. The number of ether oxygens (including phenoxy) is 2. The van der Waals surface area contributed by atoms with Crippen LogP contribution in [0.25, 0.3) is 0 Å². The number of esters is 1. The van der Waals surface area contributed by atoms with E-state index in [1.165, 1.54) is 12.3 Å². The van der Waals surface area contributed by atoms with Gasteiger partial charge in [-0.2, -0.15) is 4.98 Å². The summed E-state index contributed by atoms with van der Waals surface area (Å²) in [6, 6.07) is 0.924.